The Kier molecular flexibility index (Phi) is 3.50. The molecule has 3 rings (SSSR count). The highest BCUT2D eigenvalue weighted by Gasteiger charge is 2.22. The van der Waals surface area contributed by atoms with Crippen molar-refractivity contribution in [2.24, 2.45) is 0 Å². The molecule has 0 aromatic heterocycles. The molecule has 1 N–H and O–H groups in total. The van der Waals surface area contributed by atoms with Crippen molar-refractivity contribution in [1.29, 1.82) is 0 Å². The van der Waals surface area contributed by atoms with Crippen molar-refractivity contribution in [3.05, 3.63) is 53.6 Å². The molecule has 1 atom stereocenters. The third kappa shape index (κ3) is 2.44. The van der Waals surface area contributed by atoms with Crippen LogP contribution in [0, 0.1) is 0 Å². The number of rotatable bonds is 4. The second kappa shape index (κ2) is 5.45. The van der Waals surface area contributed by atoms with E-state index in [1.54, 1.807) is 7.11 Å². The molecule has 0 radical (unpaired) electrons. The first-order valence-electron chi connectivity index (χ1n) is 6.96. The maximum Gasteiger partial charge on any atom is 0.119 e. The zero-order valence-corrected chi connectivity index (χ0v) is 11.8. The van der Waals surface area contributed by atoms with Gasteiger partial charge in [0, 0.05) is 5.69 Å². The van der Waals surface area contributed by atoms with E-state index in [2.05, 4.69) is 29.6 Å². The van der Waals surface area contributed by atoms with Crippen LogP contribution in [0.3, 0.4) is 0 Å². The van der Waals surface area contributed by atoms with Crippen molar-refractivity contribution in [3.8, 4) is 11.5 Å². The van der Waals surface area contributed by atoms with E-state index in [0.717, 1.165) is 17.9 Å². The summed E-state index contributed by atoms with van der Waals surface area (Å²) in [5.74, 6) is 1.84. The number of hydrogen-bond donors (Lipinski definition) is 1. The molecule has 1 aliphatic rings. The first-order chi connectivity index (χ1) is 9.80. The molecule has 1 aliphatic heterocycles. The Balaban J connectivity index is 1.82. The van der Waals surface area contributed by atoms with Crippen molar-refractivity contribution in [2.45, 2.75) is 19.4 Å². The number of methoxy groups -OCH3 is 1. The van der Waals surface area contributed by atoms with E-state index in [1.165, 1.54) is 16.8 Å². The van der Waals surface area contributed by atoms with Crippen LogP contribution in [-0.4, -0.2) is 13.7 Å². The third-order valence-corrected chi connectivity index (χ3v) is 3.64. The molecule has 0 amide bonds. The molecular weight excluding hydrogens is 250 g/mol. The molecule has 20 heavy (non-hydrogen) atoms. The summed E-state index contributed by atoms with van der Waals surface area (Å²) in [6.45, 7) is 2.70. The van der Waals surface area contributed by atoms with Gasteiger partial charge in [-0.2, -0.15) is 0 Å². The lowest BCUT2D eigenvalue weighted by Crippen LogP contribution is -2.05. The van der Waals surface area contributed by atoms with Gasteiger partial charge in [0.15, 0.2) is 0 Å². The number of benzene rings is 2. The fraction of sp³-hybridized carbons (Fsp3) is 0.294. The van der Waals surface area contributed by atoms with Gasteiger partial charge in [-0.15, -0.1) is 0 Å². The summed E-state index contributed by atoms with van der Waals surface area (Å²) >= 11 is 0. The Hall–Kier alpha value is -2.16. The van der Waals surface area contributed by atoms with Gasteiger partial charge < -0.3 is 14.8 Å². The van der Waals surface area contributed by atoms with E-state index in [4.69, 9.17) is 9.47 Å². The van der Waals surface area contributed by atoms with Gasteiger partial charge in [-0.25, -0.2) is 0 Å². The van der Waals surface area contributed by atoms with Crippen LogP contribution >= 0.6 is 0 Å². The lowest BCUT2D eigenvalue weighted by atomic mass is 10.0. The molecule has 0 aliphatic carbocycles. The van der Waals surface area contributed by atoms with E-state index < -0.39 is 0 Å². The lowest BCUT2D eigenvalue weighted by molar-refractivity contribution is 0.339. The van der Waals surface area contributed by atoms with Gasteiger partial charge in [0.05, 0.1) is 19.8 Å². The van der Waals surface area contributed by atoms with Gasteiger partial charge in [0.25, 0.3) is 0 Å². The van der Waals surface area contributed by atoms with Crippen molar-refractivity contribution in [2.75, 3.05) is 19.0 Å². The zero-order chi connectivity index (χ0) is 13.9. The fourth-order valence-electron chi connectivity index (χ4n) is 2.65. The summed E-state index contributed by atoms with van der Waals surface area (Å²) in [7, 11) is 1.70. The van der Waals surface area contributed by atoms with Crippen LogP contribution in [0.4, 0.5) is 5.69 Å². The van der Waals surface area contributed by atoms with E-state index in [-0.39, 0.29) is 0 Å². The number of nitrogens with one attached hydrogen (secondary N) is 1. The largest absolute Gasteiger partial charge is 0.497 e. The van der Waals surface area contributed by atoms with Crippen LogP contribution < -0.4 is 14.8 Å². The minimum Gasteiger partial charge on any atom is -0.497 e. The van der Waals surface area contributed by atoms with Gasteiger partial charge in [-0.1, -0.05) is 12.1 Å². The van der Waals surface area contributed by atoms with E-state index in [1.807, 2.05) is 25.1 Å². The predicted octanol–water partition coefficient (Wildman–Crippen LogP) is 3.80. The van der Waals surface area contributed by atoms with E-state index in [0.29, 0.717) is 12.6 Å². The minimum absolute atomic E-state index is 0.303. The molecule has 104 valence electrons. The molecule has 0 fully saturated rings. The summed E-state index contributed by atoms with van der Waals surface area (Å²) in [4.78, 5) is 0. The smallest absolute Gasteiger partial charge is 0.119 e. The molecule has 3 heteroatoms. The second-order valence-electron chi connectivity index (χ2n) is 4.93. The summed E-state index contributed by atoms with van der Waals surface area (Å²) in [6.07, 6.45) is 0.974. The summed E-state index contributed by atoms with van der Waals surface area (Å²) in [5, 5.41) is 3.56. The molecule has 1 heterocycles. The van der Waals surface area contributed by atoms with E-state index >= 15 is 0 Å². The summed E-state index contributed by atoms with van der Waals surface area (Å²) < 4.78 is 10.9. The maximum absolute atomic E-state index is 5.57. The number of anilines is 1. The van der Waals surface area contributed by atoms with Crippen LogP contribution in [0.15, 0.2) is 42.5 Å². The lowest BCUT2D eigenvalue weighted by Gasteiger charge is -2.13. The molecule has 2 aromatic carbocycles. The Morgan fingerprint density at radius 2 is 2.05 bits per heavy atom. The zero-order valence-electron chi connectivity index (χ0n) is 11.8. The normalized spacial score (nSPS) is 16.4. The van der Waals surface area contributed by atoms with Crippen LogP contribution in [0.5, 0.6) is 11.5 Å². The summed E-state index contributed by atoms with van der Waals surface area (Å²) in [5.41, 5.74) is 3.75. The first-order valence-corrected chi connectivity index (χ1v) is 6.96. The molecular formula is C17H19NO2. The number of ether oxygens (including phenoxy) is 2. The Morgan fingerprint density at radius 3 is 2.85 bits per heavy atom. The highest BCUT2D eigenvalue weighted by molar-refractivity contribution is 5.60. The molecule has 0 spiro atoms. The van der Waals surface area contributed by atoms with Crippen molar-refractivity contribution < 1.29 is 9.47 Å². The SMILES string of the molecule is CCOc1cccc(C2Cc3cc(OC)ccc3N2)c1. The van der Waals surface area contributed by atoms with Crippen LogP contribution in [0.2, 0.25) is 0 Å². The fourth-order valence-corrected chi connectivity index (χ4v) is 2.65. The van der Waals surface area contributed by atoms with Gasteiger partial charge >= 0.3 is 0 Å². The van der Waals surface area contributed by atoms with Crippen LogP contribution in [0.25, 0.3) is 0 Å². The molecule has 3 nitrogen and oxygen atoms in total. The Morgan fingerprint density at radius 1 is 1.15 bits per heavy atom. The molecule has 2 aromatic rings. The Labute approximate surface area is 119 Å². The van der Waals surface area contributed by atoms with Gasteiger partial charge in [0.1, 0.15) is 11.5 Å². The van der Waals surface area contributed by atoms with Crippen molar-refractivity contribution in [3.63, 3.8) is 0 Å². The molecule has 0 bridgehead atoms. The highest BCUT2D eigenvalue weighted by atomic mass is 16.5. The average molecular weight is 269 g/mol. The second-order valence-corrected chi connectivity index (χ2v) is 4.93. The maximum atomic E-state index is 5.57. The number of fused-ring (bicyclic) bond motifs is 1. The molecule has 1 unspecified atom stereocenters. The quantitative estimate of drug-likeness (QED) is 0.915. The molecule has 0 saturated carbocycles. The van der Waals surface area contributed by atoms with Gasteiger partial charge in [-0.05, 0) is 54.8 Å². The van der Waals surface area contributed by atoms with Crippen molar-refractivity contribution in [1.82, 2.24) is 0 Å². The Bertz CT molecular complexity index is 610. The van der Waals surface area contributed by atoms with E-state index in [9.17, 15) is 0 Å². The van der Waals surface area contributed by atoms with Crippen LogP contribution in [-0.2, 0) is 6.42 Å². The summed E-state index contributed by atoms with van der Waals surface area (Å²) in [6, 6.07) is 14.8. The highest BCUT2D eigenvalue weighted by Crippen LogP contribution is 2.36. The average Bonchev–Trinajstić information content (AvgIpc) is 2.90. The van der Waals surface area contributed by atoms with Crippen LogP contribution in [0.1, 0.15) is 24.1 Å². The van der Waals surface area contributed by atoms with Crippen molar-refractivity contribution >= 4 is 5.69 Å². The first kappa shape index (κ1) is 12.9. The standard InChI is InChI=1S/C17H19NO2/c1-3-20-15-6-4-5-12(9-15)17-11-13-10-14(19-2)7-8-16(13)18-17/h4-10,17-18H,3,11H2,1-2H3. The molecule has 0 saturated heterocycles. The number of hydrogen-bond acceptors (Lipinski definition) is 3. The van der Waals surface area contributed by atoms with Gasteiger partial charge in [-0.3, -0.25) is 0 Å². The minimum atomic E-state index is 0.303. The third-order valence-electron chi connectivity index (χ3n) is 3.64. The predicted molar refractivity (Wildman–Crippen MR) is 80.7 cm³/mol. The van der Waals surface area contributed by atoms with Gasteiger partial charge in [0.2, 0.25) is 0 Å². The monoisotopic (exact) mass is 269 g/mol. The topological polar surface area (TPSA) is 30.5 Å².